The highest BCUT2D eigenvalue weighted by atomic mass is 16.6. The Kier molecular flexibility index (Phi) is 13.9. The lowest BCUT2D eigenvalue weighted by molar-refractivity contribution is -0.139. The van der Waals surface area contributed by atoms with Crippen molar-refractivity contribution in [2.75, 3.05) is 0 Å². The number of aryl methyl sites for hydroxylation is 2. The van der Waals surface area contributed by atoms with Gasteiger partial charge in [-0.25, -0.2) is 14.4 Å². The Labute approximate surface area is 301 Å². The third-order valence-electron chi connectivity index (χ3n) is 7.33. The molecule has 0 spiro atoms. The fraction of sp³-hybridized carbons (Fsp3) is 0.333. The van der Waals surface area contributed by atoms with E-state index in [0.29, 0.717) is 6.42 Å². The number of nitrogens with one attached hydrogen (secondary N) is 2. The molecule has 2 amide bonds. The van der Waals surface area contributed by atoms with Crippen LogP contribution in [0.3, 0.4) is 0 Å². The van der Waals surface area contributed by atoms with Crippen LogP contribution in [0.5, 0.6) is 0 Å². The van der Waals surface area contributed by atoms with Gasteiger partial charge in [0.15, 0.2) is 0 Å². The van der Waals surface area contributed by atoms with Crippen LogP contribution in [0.25, 0.3) is 22.3 Å². The number of carbonyl (C=O) groups is 3. The number of hydrogen-bond acceptors (Lipinski definition) is 6. The summed E-state index contributed by atoms with van der Waals surface area (Å²) in [6, 6.07) is 32.6. The number of hydrogen-bond donors (Lipinski definition) is 3. The van der Waals surface area contributed by atoms with Crippen molar-refractivity contribution in [1.82, 2.24) is 10.6 Å². The van der Waals surface area contributed by atoms with E-state index in [-0.39, 0.29) is 6.42 Å². The summed E-state index contributed by atoms with van der Waals surface area (Å²) < 4.78 is 10.3. The molecular weight excluding hydrogens is 642 g/mol. The minimum absolute atomic E-state index is 0.183. The van der Waals surface area contributed by atoms with E-state index in [1.165, 1.54) is 11.1 Å². The average Bonchev–Trinajstić information content (AvgIpc) is 3.03. The van der Waals surface area contributed by atoms with E-state index in [4.69, 9.17) is 9.47 Å². The van der Waals surface area contributed by atoms with E-state index in [9.17, 15) is 24.8 Å². The van der Waals surface area contributed by atoms with Gasteiger partial charge in [0.1, 0.15) is 23.3 Å². The molecule has 4 aromatic rings. The molecule has 4 rings (SSSR count). The number of benzene rings is 4. The van der Waals surface area contributed by atoms with E-state index in [2.05, 4.69) is 47.9 Å². The molecule has 9 nitrogen and oxygen atoms in total. The standard InChI is InChI=1S/C21H24N2O2.C21H25NO4/c1-15-6-5-7-18(12-15)17-10-8-16(9-11-17)13-19(14-22)23-20(24)25-21(2,3)4;1-14-6-5-7-17(12-14)16-10-8-15(9-11-16)13-18(19(23)24)22-20(25)26-21(2,3)4/h5-12,19H,13H2,1-4H3,(H,23,24);5-12,18H,13H2,1-4H3,(H,22,25)(H,23,24)/t19-;18-/m00/s1. The maximum atomic E-state index is 11.8. The highest BCUT2D eigenvalue weighted by Crippen LogP contribution is 2.23. The van der Waals surface area contributed by atoms with E-state index >= 15 is 0 Å². The van der Waals surface area contributed by atoms with Crippen LogP contribution >= 0.6 is 0 Å². The monoisotopic (exact) mass is 691 g/mol. The predicted octanol–water partition coefficient (Wildman–Crippen LogP) is 8.80. The fourth-order valence-corrected chi connectivity index (χ4v) is 5.02. The highest BCUT2D eigenvalue weighted by Gasteiger charge is 2.24. The molecule has 2 atom stereocenters. The molecule has 0 heterocycles. The summed E-state index contributed by atoms with van der Waals surface area (Å²) in [6.45, 7) is 14.7. The van der Waals surface area contributed by atoms with Crippen molar-refractivity contribution in [3.8, 4) is 28.3 Å². The van der Waals surface area contributed by atoms with Gasteiger partial charge in [-0.2, -0.15) is 5.26 Å². The first kappa shape index (κ1) is 39.8. The zero-order chi connectivity index (χ0) is 37.8. The topological polar surface area (TPSA) is 138 Å². The van der Waals surface area contributed by atoms with Gasteiger partial charge < -0.3 is 25.2 Å². The Balaban J connectivity index is 0.000000276. The van der Waals surface area contributed by atoms with Crippen molar-refractivity contribution in [3.05, 3.63) is 119 Å². The van der Waals surface area contributed by atoms with Crippen LogP contribution in [0.15, 0.2) is 97.1 Å². The number of rotatable bonds is 9. The Hall–Kier alpha value is -5.62. The van der Waals surface area contributed by atoms with Gasteiger partial charge in [0.2, 0.25) is 0 Å². The quantitative estimate of drug-likeness (QED) is 0.159. The molecule has 0 aliphatic heterocycles. The van der Waals surface area contributed by atoms with Gasteiger partial charge >= 0.3 is 18.2 Å². The molecule has 0 saturated carbocycles. The molecule has 0 bridgehead atoms. The first-order valence-corrected chi connectivity index (χ1v) is 16.8. The van der Waals surface area contributed by atoms with E-state index in [0.717, 1.165) is 33.4 Å². The third kappa shape index (κ3) is 14.4. The minimum Gasteiger partial charge on any atom is -0.480 e. The number of alkyl carbamates (subject to hydrolysis) is 2. The molecule has 4 aromatic carbocycles. The lowest BCUT2D eigenvalue weighted by Gasteiger charge is -2.22. The van der Waals surface area contributed by atoms with Crippen molar-refractivity contribution in [1.29, 1.82) is 5.26 Å². The van der Waals surface area contributed by atoms with Gasteiger partial charge in [0, 0.05) is 12.8 Å². The van der Waals surface area contributed by atoms with Crippen LogP contribution in [-0.2, 0) is 27.1 Å². The van der Waals surface area contributed by atoms with E-state index in [1.807, 2.05) is 79.7 Å². The summed E-state index contributed by atoms with van der Waals surface area (Å²) in [5.41, 5.74) is 7.40. The van der Waals surface area contributed by atoms with Gasteiger partial charge in [0.05, 0.1) is 6.07 Å². The van der Waals surface area contributed by atoms with Gasteiger partial charge in [-0.05, 0) is 88.8 Å². The first-order chi connectivity index (χ1) is 23.9. The maximum absolute atomic E-state index is 11.8. The number of carbonyl (C=O) groups excluding carboxylic acids is 2. The maximum Gasteiger partial charge on any atom is 0.408 e. The second kappa shape index (κ2) is 17.9. The minimum atomic E-state index is -1.10. The van der Waals surface area contributed by atoms with Crippen LogP contribution in [0.2, 0.25) is 0 Å². The van der Waals surface area contributed by atoms with Gasteiger partial charge in [-0.3, -0.25) is 0 Å². The van der Waals surface area contributed by atoms with Crippen LogP contribution in [0, 0.1) is 25.2 Å². The summed E-state index contributed by atoms with van der Waals surface area (Å²) in [5.74, 6) is -1.10. The third-order valence-corrected chi connectivity index (χ3v) is 7.33. The average molecular weight is 692 g/mol. The molecule has 51 heavy (non-hydrogen) atoms. The van der Waals surface area contributed by atoms with Crippen molar-refractivity contribution >= 4 is 18.2 Å². The normalized spacial score (nSPS) is 12.2. The number of carboxylic acids is 1. The number of aliphatic carboxylic acids is 1. The van der Waals surface area contributed by atoms with Gasteiger partial charge in [-0.1, -0.05) is 108 Å². The van der Waals surface area contributed by atoms with Crippen LogP contribution in [0.4, 0.5) is 9.59 Å². The van der Waals surface area contributed by atoms with Crippen molar-refractivity contribution < 1.29 is 29.0 Å². The number of amides is 2. The molecule has 3 N–H and O–H groups in total. The largest absolute Gasteiger partial charge is 0.480 e. The van der Waals surface area contributed by atoms with Gasteiger partial charge in [-0.15, -0.1) is 0 Å². The molecule has 0 fully saturated rings. The molecule has 0 unspecified atom stereocenters. The van der Waals surface area contributed by atoms with Gasteiger partial charge in [0.25, 0.3) is 0 Å². The second-order valence-corrected chi connectivity index (χ2v) is 14.4. The number of nitriles is 1. The molecule has 9 heteroatoms. The zero-order valence-corrected chi connectivity index (χ0v) is 30.7. The van der Waals surface area contributed by atoms with E-state index < -0.39 is 41.4 Å². The molecule has 268 valence electrons. The van der Waals surface area contributed by atoms with Crippen molar-refractivity contribution in [2.24, 2.45) is 0 Å². The van der Waals surface area contributed by atoms with Crippen LogP contribution < -0.4 is 10.6 Å². The zero-order valence-electron chi connectivity index (χ0n) is 30.7. The smallest absolute Gasteiger partial charge is 0.408 e. The number of carboxylic acid groups (broad SMARTS) is 1. The number of ether oxygens (including phenoxy) is 2. The highest BCUT2D eigenvalue weighted by molar-refractivity contribution is 5.80. The molecule has 0 radical (unpaired) electrons. The van der Waals surface area contributed by atoms with E-state index in [1.54, 1.807) is 41.5 Å². The molecular formula is C42H49N3O6. The molecule has 0 aromatic heterocycles. The van der Waals surface area contributed by atoms with Crippen LogP contribution in [-0.4, -0.2) is 46.5 Å². The Morgan fingerprint density at radius 2 is 1.06 bits per heavy atom. The Morgan fingerprint density at radius 3 is 1.43 bits per heavy atom. The Bertz CT molecular complexity index is 1810. The summed E-state index contributed by atoms with van der Waals surface area (Å²) in [4.78, 5) is 35.1. The second-order valence-electron chi connectivity index (χ2n) is 14.4. The summed E-state index contributed by atoms with van der Waals surface area (Å²) in [5, 5.41) is 23.7. The molecule has 0 aliphatic carbocycles. The Morgan fingerprint density at radius 1 is 0.647 bits per heavy atom. The first-order valence-electron chi connectivity index (χ1n) is 16.8. The summed E-state index contributed by atoms with van der Waals surface area (Å²) in [7, 11) is 0. The summed E-state index contributed by atoms with van der Waals surface area (Å²) >= 11 is 0. The molecule has 0 aliphatic rings. The number of nitrogens with zero attached hydrogens (tertiary/aromatic N) is 1. The fourth-order valence-electron chi connectivity index (χ4n) is 5.02. The van der Waals surface area contributed by atoms with Crippen molar-refractivity contribution in [2.45, 2.75) is 91.5 Å². The molecule has 0 saturated heterocycles. The van der Waals surface area contributed by atoms with Crippen LogP contribution in [0.1, 0.15) is 63.8 Å². The lowest BCUT2D eigenvalue weighted by atomic mass is 9.99. The van der Waals surface area contributed by atoms with Crippen molar-refractivity contribution in [3.63, 3.8) is 0 Å². The SMILES string of the molecule is Cc1cccc(-c2ccc(C[C@@H](C#N)NC(=O)OC(C)(C)C)cc2)c1.Cc1cccc(-c2ccc(C[C@H](NC(=O)OC(C)(C)C)C(=O)O)cc2)c1. The predicted molar refractivity (Wildman–Crippen MR) is 200 cm³/mol. The lowest BCUT2D eigenvalue weighted by Crippen LogP contribution is -2.44. The summed E-state index contributed by atoms with van der Waals surface area (Å²) in [6.07, 6.45) is -0.691.